The lowest BCUT2D eigenvalue weighted by molar-refractivity contribution is 0.519. The number of rotatable bonds is 0. The first-order valence-corrected chi connectivity index (χ1v) is 5.23. The van der Waals surface area contributed by atoms with Gasteiger partial charge >= 0.3 is 0 Å². The Morgan fingerprint density at radius 3 is 2.87 bits per heavy atom. The first-order chi connectivity index (χ1) is 7.05. The molecule has 3 N–H and O–H groups in total. The Morgan fingerprint density at radius 2 is 2.20 bits per heavy atom. The van der Waals surface area contributed by atoms with Crippen LogP contribution < -0.4 is 11.3 Å². The molecular formula is C12H16N2O. The van der Waals surface area contributed by atoms with E-state index in [0.717, 1.165) is 24.1 Å². The van der Waals surface area contributed by atoms with Gasteiger partial charge < -0.3 is 10.7 Å². The second kappa shape index (κ2) is 3.35. The fraction of sp³-hybridized carbons (Fsp3) is 0.417. The van der Waals surface area contributed by atoms with E-state index in [0.29, 0.717) is 0 Å². The van der Waals surface area contributed by atoms with Crippen molar-refractivity contribution in [2.24, 2.45) is 5.73 Å². The molecule has 1 aromatic rings. The minimum atomic E-state index is -0.438. The highest BCUT2D eigenvalue weighted by molar-refractivity contribution is 5.40. The van der Waals surface area contributed by atoms with E-state index in [2.05, 4.69) is 11.1 Å². The Kier molecular flexibility index (Phi) is 2.27. The molecule has 0 fully saturated rings. The fourth-order valence-corrected chi connectivity index (χ4v) is 2.34. The van der Waals surface area contributed by atoms with Gasteiger partial charge in [-0.2, -0.15) is 0 Å². The lowest BCUT2D eigenvalue weighted by Gasteiger charge is -2.34. The molecule has 0 saturated carbocycles. The van der Waals surface area contributed by atoms with E-state index in [1.807, 2.05) is 19.9 Å². The number of H-pyrrole nitrogens is 1. The van der Waals surface area contributed by atoms with E-state index in [1.54, 1.807) is 6.07 Å². The summed E-state index contributed by atoms with van der Waals surface area (Å²) in [7, 11) is 0. The van der Waals surface area contributed by atoms with Crippen molar-refractivity contribution in [1.82, 2.24) is 4.98 Å². The van der Waals surface area contributed by atoms with Crippen molar-refractivity contribution in [2.45, 2.75) is 32.2 Å². The Balaban J connectivity index is 2.62. The number of hydrogen-bond donors (Lipinski definition) is 2. The van der Waals surface area contributed by atoms with E-state index >= 15 is 0 Å². The molecule has 0 saturated heterocycles. The summed E-state index contributed by atoms with van der Waals surface area (Å²) in [5.74, 6) is 0. The number of aromatic nitrogens is 1. The van der Waals surface area contributed by atoms with Crippen LogP contribution in [0.25, 0.3) is 0 Å². The van der Waals surface area contributed by atoms with Crippen LogP contribution in [0, 0.1) is 0 Å². The average Bonchev–Trinajstić information content (AvgIpc) is 2.17. The van der Waals surface area contributed by atoms with Crippen LogP contribution in [0.2, 0.25) is 0 Å². The third kappa shape index (κ3) is 1.53. The van der Waals surface area contributed by atoms with Gasteiger partial charge in [0.05, 0.1) is 5.54 Å². The van der Waals surface area contributed by atoms with Crippen LogP contribution in [0.15, 0.2) is 28.6 Å². The molecule has 3 nitrogen and oxygen atoms in total. The highest BCUT2D eigenvalue weighted by Gasteiger charge is 2.32. The molecule has 0 bridgehead atoms. The number of pyridine rings is 1. The van der Waals surface area contributed by atoms with E-state index < -0.39 is 5.54 Å². The molecule has 3 heteroatoms. The lowest BCUT2D eigenvalue weighted by atomic mass is 9.76. The monoisotopic (exact) mass is 204 g/mol. The van der Waals surface area contributed by atoms with Gasteiger partial charge in [0.25, 0.3) is 0 Å². The number of nitrogens with one attached hydrogen (secondary N) is 1. The topological polar surface area (TPSA) is 58.9 Å². The van der Waals surface area contributed by atoms with Crippen LogP contribution in [0.4, 0.5) is 0 Å². The summed E-state index contributed by atoms with van der Waals surface area (Å²) in [5, 5.41) is 0. The van der Waals surface area contributed by atoms with Gasteiger partial charge in [-0.25, -0.2) is 0 Å². The summed E-state index contributed by atoms with van der Waals surface area (Å²) in [4.78, 5) is 14.1. The molecule has 0 aromatic carbocycles. The third-order valence-electron chi connectivity index (χ3n) is 3.22. The standard InChI is InChI=1S/C12H16N2O/c1-3-8-4-6-10-9(12(8,2)13)5-7-11(15)14-10/h3,5,7H,4,6,13H2,1-2H3,(H,14,15)/b8-3-/t12-/m1/s1. The minimum Gasteiger partial charge on any atom is -0.326 e. The summed E-state index contributed by atoms with van der Waals surface area (Å²) < 4.78 is 0. The van der Waals surface area contributed by atoms with Gasteiger partial charge in [-0.05, 0) is 38.3 Å². The molecule has 0 unspecified atom stereocenters. The number of aryl methyl sites for hydroxylation is 1. The molecule has 1 aromatic heterocycles. The van der Waals surface area contributed by atoms with Crippen molar-refractivity contribution >= 4 is 0 Å². The Morgan fingerprint density at radius 1 is 1.47 bits per heavy atom. The summed E-state index contributed by atoms with van der Waals surface area (Å²) in [6.45, 7) is 4.01. The maximum atomic E-state index is 11.2. The van der Waals surface area contributed by atoms with E-state index in [4.69, 9.17) is 5.73 Å². The summed E-state index contributed by atoms with van der Waals surface area (Å²) in [6, 6.07) is 3.39. The number of nitrogens with two attached hydrogens (primary N) is 1. The zero-order valence-electron chi connectivity index (χ0n) is 9.13. The second-order valence-electron chi connectivity index (χ2n) is 4.23. The lowest BCUT2D eigenvalue weighted by Crippen LogP contribution is -2.40. The predicted molar refractivity (Wildman–Crippen MR) is 60.7 cm³/mol. The molecule has 80 valence electrons. The molecule has 0 amide bonds. The SMILES string of the molecule is C/C=C1/CCc2[nH]c(=O)ccc2[C@]1(C)N. The number of aromatic amines is 1. The van der Waals surface area contributed by atoms with Crippen LogP contribution in [0.3, 0.4) is 0 Å². The molecule has 1 aliphatic rings. The van der Waals surface area contributed by atoms with Crippen molar-refractivity contribution in [3.05, 3.63) is 45.4 Å². The van der Waals surface area contributed by atoms with Crippen molar-refractivity contribution < 1.29 is 0 Å². The smallest absolute Gasteiger partial charge is 0.248 e. The molecule has 15 heavy (non-hydrogen) atoms. The minimum absolute atomic E-state index is 0.0477. The Hall–Kier alpha value is -1.35. The number of allylic oxidation sites excluding steroid dienone is 1. The second-order valence-corrected chi connectivity index (χ2v) is 4.23. The van der Waals surface area contributed by atoms with Gasteiger partial charge in [-0.15, -0.1) is 0 Å². The van der Waals surface area contributed by atoms with Gasteiger partial charge in [0.15, 0.2) is 0 Å². The van der Waals surface area contributed by atoms with E-state index in [1.165, 1.54) is 5.57 Å². The molecular weight excluding hydrogens is 188 g/mol. The quantitative estimate of drug-likeness (QED) is 0.628. The normalized spacial score (nSPS) is 27.8. The van der Waals surface area contributed by atoms with Crippen molar-refractivity contribution in [3.8, 4) is 0 Å². The predicted octanol–water partition coefficient (Wildman–Crippen LogP) is 1.44. The summed E-state index contributed by atoms with van der Waals surface area (Å²) in [6.07, 6.45) is 3.88. The average molecular weight is 204 g/mol. The van der Waals surface area contributed by atoms with Crippen LogP contribution in [0.1, 0.15) is 31.5 Å². The zero-order valence-corrected chi connectivity index (χ0v) is 9.13. The maximum Gasteiger partial charge on any atom is 0.248 e. The van der Waals surface area contributed by atoms with Crippen LogP contribution in [-0.4, -0.2) is 4.98 Å². The first-order valence-electron chi connectivity index (χ1n) is 5.23. The summed E-state index contributed by atoms with van der Waals surface area (Å²) in [5.41, 5.74) is 9.08. The third-order valence-corrected chi connectivity index (χ3v) is 3.22. The van der Waals surface area contributed by atoms with E-state index in [-0.39, 0.29) is 5.56 Å². The molecule has 2 rings (SSSR count). The van der Waals surface area contributed by atoms with Crippen molar-refractivity contribution in [2.75, 3.05) is 0 Å². The van der Waals surface area contributed by atoms with Crippen LogP contribution in [0.5, 0.6) is 0 Å². The molecule has 1 atom stereocenters. The fourth-order valence-electron chi connectivity index (χ4n) is 2.34. The molecule has 1 heterocycles. The highest BCUT2D eigenvalue weighted by Crippen LogP contribution is 2.35. The van der Waals surface area contributed by atoms with Crippen LogP contribution >= 0.6 is 0 Å². The van der Waals surface area contributed by atoms with Gasteiger partial charge in [-0.3, -0.25) is 4.79 Å². The van der Waals surface area contributed by atoms with Gasteiger partial charge in [-0.1, -0.05) is 11.6 Å². The van der Waals surface area contributed by atoms with Crippen LogP contribution in [-0.2, 0) is 12.0 Å². The molecule has 1 aliphatic carbocycles. The summed E-state index contributed by atoms with van der Waals surface area (Å²) >= 11 is 0. The largest absolute Gasteiger partial charge is 0.326 e. The van der Waals surface area contributed by atoms with Gasteiger partial charge in [0.2, 0.25) is 5.56 Å². The van der Waals surface area contributed by atoms with Gasteiger partial charge in [0.1, 0.15) is 0 Å². The molecule has 0 spiro atoms. The molecule has 0 aliphatic heterocycles. The van der Waals surface area contributed by atoms with Crippen molar-refractivity contribution in [1.29, 1.82) is 0 Å². The highest BCUT2D eigenvalue weighted by atomic mass is 16.1. The molecule has 0 radical (unpaired) electrons. The van der Waals surface area contributed by atoms with E-state index in [9.17, 15) is 4.79 Å². The first kappa shape index (κ1) is 10.2. The Bertz CT molecular complexity index is 469. The number of hydrogen-bond acceptors (Lipinski definition) is 2. The zero-order chi connectivity index (χ0) is 11.1. The number of fused-ring (bicyclic) bond motifs is 1. The maximum absolute atomic E-state index is 11.2. The Labute approximate surface area is 89.0 Å². The van der Waals surface area contributed by atoms with Gasteiger partial charge in [0, 0.05) is 11.8 Å². The van der Waals surface area contributed by atoms with Crippen molar-refractivity contribution in [3.63, 3.8) is 0 Å².